The van der Waals surface area contributed by atoms with Crippen LogP contribution in [0, 0.1) is 13.0 Å². The third kappa shape index (κ3) is 2.86. The number of carboxylic acid groups (broad SMARTS) is 2. The van der Waals surface area contributed by atoms with Crippen molar-refractivity contribution in [3.8, 4) is 16.9 Å². The Balaban J connectivity index is 2.68. The highest BCUT2D eigenvalue weighted by molar-refractivity contribution is 5.92. The molecule has 0 aliphatic carbocycles. The second kappa shape index (κ2) is 5.66. The molecule has 5 nitrogen and oxygen atoms in total. The van der Waals surface area contributed by atoms with Gasteiger partial charge in [0.2, 0.25) is 0 Å². The maximum Gasteiger partial charge on any atom is 0.335 e. The van der Waals surface area contributed by atoms with Crippen LogP contribution in [0.5, 0.6) is 5.75 Å². The van der Waals surface area contributed by atoms with Gasteiger partial charge < -0.3 is 15.3 Å². The van der Waals surface area contributed by atoms with Gasteiger partial charge in [-0.05, 0) is 35.7 Å². The Morgan fingerprint density at radius 2 is 1.86 bits per heavy atom. The molecule has 0 saturated heterocycles. The third-order valence-electron chi connectivity index (χ3n) is 3.26. The molecular weight excluding hydrogens is 272 g/mol. The largest absolute Gasteiger partial charge is 0.507 e. The van der Waals surface area contributed by atoms with E-state index in [9.17, 15) is 14.7 Å². The summed E-state index contributed by atoms with van der Waals surface area (Å²) in [6.07, 6.45) is -0.366. The van der Waals surface area contributed by atoms with Gasteiger partial charge in [-0.15, -0.1) is 0 Å². The fraction of sp³-hybridized carbons (Fsp3) is 0.125. The molecule has 0 aromatic heterocycles. The van der Waals surface area contributed by atoms with E-state index in [0.29, 0.717) is 16.7 Å². The van der Waals surface area contributed by atoms with E-state index in [-0.39, 0.29) is 23.3 Å². The summed E-state index contributed by atoms with van der Waals surface area (Å²) < 4.78 is 0. The highest BCUT2D eigenvalue weighted by Crippen LogP contribution is 2.33. The molecule has 0 unspecified atom stereocenters. The van der Waals surface area contributed by atoms with E-state index >= 15 is 0 Å². The molecule has 0 heterocycles. The van der Waals surface area contributed by atoms with Gasteiger partial charge in [0.05, 0.1) is 12.0 Å². The fourth-order valence-electron chi connectivity index (χ4n) is 2.26. The molecule has 0 aliphatic heterocycles. The molecule has 5 heteroatoms. The average Bonchev–Trinajstić information content (AvgIpc) is 2.41. The van der Waals surface area contributed by atoms with Crippen molar-refractivity contribution in [3.63, 3.8) is 0 Å². The number of carbonyl (C=O) groups is 2. The minimum atomic E-state index is -1.09. The van der Waals surface area contributed by atoms with Crippen molar-refractivity contribution >= 4 is 11.9 Å². The van der Waals surface area contributed by atoms with E-state index in [1.165, 1.54) is 12.1 Å². The summed E-state index contributed by atoms with van der Waals surface area (Å²) in [7, 11) is 0. The van der Waals surface area contributed by atoms with Gasteiger partial charge in [0, 0.05) is 11.6 Å². The first-order valence-electron chi connectivity index (χ1n) is 6.19. The maximum absolute atomic E-state index is 11.2. The van der Waals surface area contributed by atoms with Gasteiger partial charge in [-0.25, -0.2) is 4.79 Å². The zero-order chi connectivity index (χ0) is 15.6. The quantitative estimate of drug-likeness (QED) is 0.802. The van der Waals surface area contributed by atoms with Crippen molar-refractivity contribution in [2.24, 2.45) is 0 Å². The van der Waals surface area contributed by atoms with Crippen LogP contribution in [0.1, 0.15) is 21.5 Å². The topological polar surface area (TPSA) is 94.8 Å². The summed E-state index contributed by atoms with van der Waals surface area (Å²) in [6.45, 7) is 1.65. The first-order valence-corrected chi connectivity index (χ1v) is 6.19. The molecule has 107 valence electrons. The molecule has 2 aromatic carbocycles. The third-order valence-corrected chi connectivity index (χ3v) is 3.26. The summed E-state index contributed by atoms with van der Waals surface area (Å²) in [6, 6.07) is 10.4. The van der Waals surface area contributed by atoms with Gasteiger partial charge in [0.1, 0.15) is 5.75 Å². The lowest BCUT2D eigenvalue weighted by Gasteiger charge is -2.13. The molecule has 2 rings (SSSR count). The highest BCUT2D eigenvalue weighted by Gasteiger charge is 2.17. The summed E-state index contributed by atoms with van der Waals surface area (Å²) in [5.74, 6) is -2.38. The number of hydrogen-bond acceptors (Lipinski definition) is 3. The van der Waals surface area contributed by atoms with Crippen molar-refractivity contribution in [2.45, 2.75) is 13.3 Å². The van der Waals surface area contributed by atoms with Crippen LogP contribution < -0.4 is 0 Å². The Morgan fingerprint density at radius 1 is 1.14 bits per heavy atom. The molecular formula is C16H13O5. The average molecular weight is 285 g/mol. The van der Waals surface area contributed by atoms with Crippen LogP contribution >= 0.6 is 0 Å². The second-order valence-electron chi connectivity index (χ2n) is 4.57. The van der Waals surface area contributed by atoms with Gasteiger partial charge in [0.25, 0.3) is 0 Å². The second-order valence-corrected chi connectivity index (χ2v) is 4.57. The van der Waals surface area contributed by atoms with E-state index in [1.54, 1.807) is 25.1 Å². The van der Waals surface area contributed by atoms with Gasteiger partial charge in [0.15, 0.2) is 0 Å². The van der Waals surface area contributed by atoms with E-state index in [2.05, 4.69) is 6.07 Å². The Hall–Kier alpha value is -2.82. The first-order chi connectivity index (χ1) is 9.91. The van der Waals surface area contributed by atoms with Crippen molar-refractivity contribution in [3.05, 3.63) is 53.1 Å². The van der Waals surface area contributed by atoms with Crippen molar-refractivity contribution in [1.82, 2.24) is 0 Å². The van der Waals surface area contributed by atoms with E-state index in [1.807, 2.05) is 0 Å². The number of phenolic OH excluding ortho intramolecular Hbond substituents is 1. The van der Waals surface area contributed by atoms with Crippen molar-refractivity contribution in [2.75, 3.05) is 0 Å². The molecule has 0 spiro atoms. The molecule has 0 aliphatic rings. The normalized spacial score (nSPS) is 10.3. The number of carboxylic acids is 2. The Labute approximate surface area is 121 Å². The number of aromatic carboxylic acids is 1. The monoisotopic (exact) mass is 285 g/mol. The van der Waals surface area contributed by atoms with Crippen LogP contribution in [0.2, 0.25) is 0 Å². The molecule has 0 saturated carbocycles. The Bertz CT molecular complexity index is 719. The minimum absolute atomic E-state index is 0.140. The number of aliphatic carboxylic acids is 1. The lowest BCUT2D eigenvalue weighted by Crippen LogP contribution is -2.05. The Kier molecular flexibility index (Phi) is 3.93. The molecule has 3 N–H and O–H groups in total. The molecule has 0 fully saturated rings. The number of benzene rings is 2. The highest BCUT2D eigenvalue weighted by atomic mass is 16.4. The first kappa shape index (κ1) is 14.6. The Morgan fingerprint density at radius 3 is 2.48 bits per heavy atom. The van der Waals surface area contributed by atoms with E-state index in [4.69, 9.17) is 10.2 Å². The summed E-state index contributed by atoms with van der Waals surface area (Å²) >= 11 is 0. The predicted octanol–water partition coefficient (Wildman–Crippen LogP) is 2.49. The summed E-state index contributed by atoms with van der Waals surface area (Å²) in [4.78, 5) is 22.1. The van der Waals surface area contributed by atoms with Crippen molar-refractivity contribution < 1.29 is 24.9 Å². The van der Waals surface area contributed by atoms with E-state index in [0.717, 1.165) is 0 Å². The van der Waals surface area contributed by atoms with Crippen LogP contribution in [0.15, 0.2) is 30.3 Å². The van der Waals surface area contributed by atoms with E-state index < -0.39 is 11.9 Å². The molecule has 0 amide bonds. The molecule has 21 heavy (non-hydrogen) atoms. The van der Waals surface area contributed by atoms with Crippen molar-refractivity contribution in [1.29, 1.82) is 0 Å². The zero-order valence-corrected chi connectivity index (χ0v) is 11.3. The lowest BCUT2D eigenvalue weighted by molar-refractivity contribution is -0.136. The zero-order valence-electron chi connectivity index (χ0n) is 11.3. The number of rotatable bonds is 4. The summed E-state index contributed by atoms with van der Waals surface area (Å²) in [5.41, 5.74) is 1.95. The molecule has 2 aromatic rings. The number of aromatic hydroxyl groups is 1. The molecule has 0 atom stereocenters. The van der Waals surface area contributed by atoms with Gasteiger partial charge in [-0.2, -0.15) is 0 Å². The molecule has 0 bridgehead atoms. The van der Waals surface area contributed by atoms with Gasteiger partial charge >= 0.3 is 11.9 Å². The smallest absolute Gasteiger partial charge is 0.335 e. The predicted molar refractivity (Wildman–Crippen MR) is 75.4 cm³/mol. The molecule has 1 radical (unpaired) electrons. The maximum atomic E-state index is 11.2. The van der Waals surface area contributed by atoms with Gasteiger partial charge in [-0.1, -0.05) is 18.2 Å². The fourth-order valence-corrected chi connectivity index (χ4v) is 2.26. The van der Waals surface area contributed by atoms with Gasteiger partial charge in [-0.3, -0.25) is 4.79 Å². The lowest BCUT2D eigenvalue weighted by atomic mass is 9.91. The standard InChI is InChI=1S/C16H13O5/c1-9-10(4-2-5-11(9)16(20)21)12-6-3-7-14(17)13(12)8-15(18)19/h2-6,17H,8H2,1H3,(H,18,19)(H,20,21). The number of hydrogen-bond donors (Lipinski definition) is 3. The summed E-state index contributed by atoms with van der Waals surface area (Å²) in [5, 5.41) is 27.9. The van der Waals surface area contributed by atoms with Crippen LogP contribution in [-0.4, -0.2) is 27.3 Å². The van der Waals surface area contributed by atoms with Crippen LogP contribution in [0.3, 0.4) is 0 Å². The number of phenols is 1. The van der Waals surface area contributed by atoms with Crippen LogP contribution in [-0.2, 0) is 11.2 Å². The van der Waals surface area contributed by atoms with Crippen LogP contribution in [0.4, 0.5) is 0 Å². The van der Waals surface area contributed by atoms with Crippen LogP contribution in [0.25, 0.3) is 11.1 Å². The minimum Gasteiger partial charge on any atom is -0.507 e. The SMILES string of the molecule is Cc1c(C(=O)O)cccc1-c1cc[c]c(O)c1CC(=O)O.